The second-order valence-electron chi connectivity index (χ2n) is 8.28. The molecule has 1 N–H and O–H groups in total. The topological polar surface area (TPSA) is 84.9 Å². The SMILES string of the molecule is COc1ccc(S(=O)(=O)N(CC(=O)NC2CCCCC2)c2cc(C)cc(C)c2)cc1OC. The molecule has 0 bridgehead atoms. The summed E-state index contributed by atoms with van der Waals surface area (Å²) in [6.45, 7) is 3.51. The van der Waals surface area contributed by atoms with Crippen LogP contribution in [0.1, 0.15) is 43.2 Å². The van der Waals surface area contributed by atoms with Gasteiger partial charge in [0, 0.05) is 12.1 Å². The van der Waals surface area contributed by atoms with Crippen molar-refractivity contribution < 1.29 is 22.7 Å². The summed E-state index contributed by atoms with van der Waals surface area (Å²) in [4.78, 5) is 12.9. The van der Waals surface area contributed by atoms with Crippen LogP contribution < -0.4 is 19.1 Å². The lowest BCUT2D eigenvalue weighted by Gasteiger charge is -2.27. The molecule has 174 valence electrons. The summed E-state index contributed by atoms with van der Waals surface area (Å²) in [7, 11) is -1.10. The minimum absolute atomic E-state index is 0.0276. The number of rotatable bonds is 8. The molecule has 8 heteroatoms. The molecule has 2 aromatic rings. The number of hydrogen-bond donors (Lipinski definition) is 1. The molecule has 1 amide bonds. The van der Waals surface area contributed by atoms with Crippen LogP contribution in [0.5, 0.6) is 11.5 Å². The zero-order valence-electron chi connectivity index (χ0n) is 19.2. The Hall–Kier alpha value is -2.74. The van der Waals surface area contributed by atoms with Crippen molar-refractivity contribution in [3.63, 3.8) is 0 Å². The normalized spacial score (nSPS) is 14.6. The molecule has 0 atom stereocenters. The number of nitrogens with zero attached hydrogens (tertiary/aromatic N) is 1. The van der Waals surface area contributed by atoms with Crippen LogP contribution >= 0.6 is 0 Å². The van der Waals surface area contributed by atoms with Crippen molar-refractivity contribution in [2.24, 2.45) is 0 Å². The molecule has 0 saturated heterocycles. The molecule has 0 aliphatic heterocycles. The number of carbonyl (C=O) groups is 1. The fraction of sp³-hybridized carbons (Fsp3) is 0.458. The number of sulfonamides is 1. The van der Waals surface area contributed by atoms with Gasteiger partial charge in [0.1, 0.15) is 6.54 Å². The number of aryl methyl sites for hydroxylation is 2. The maximum absolute atomic E-state index is 13.7. The molecular formula is C24H32N2O5S. The molecule has 0 radical (unpaired) electrons. The number of nitrogens with one attached hydrogen (secondary N) is 1. The van der Waals surface area contributed by atoms with Crippen LogP contribution in [0, 0.1) is 13.8 Å². The molecule has 1 aliphatic rings. The Bertz CT molecular complexity index is 1040. The summed E-state index contributed by atoms with van der Waals surface area (Å²) in [5.41, 5.74) is 2.29. The number of hydrogen-bond acceptors (Lipinski definition) is 5. The second-order valence-corrected chi connectivity index (χ2v) is 10.1. The van der Waals surface area contributed by atoms with Gasteiger partial charge in [-0.2, -0.15) is 0 Å². The zero-order chi connectivity index (χ0) is 23.3. The first-order valence-corrected chi connectivity index (χ1v) is 12.3. The van der Waals surface area contributed by atoms with Gasteiger partial charge in [-0.25, -0.2) is 8.42 Å². The Labute approximate surface area is 190 Å². The molecule has 1 fully saturated rings. The second kappa shape index (κ2) is 10.3. The van der Waals surface area contributed by atoms with Crippen LogP contribution in [0.15, 0.2) is 41.3 Å². The molecule has 32 heavy (non-hydrogen) atoms. The Morgan fingerprint density at radius 3 is 2.19 bits per heavy atom. The number of carbonyl (C=O) groups excluding carboxylic acids is 1. The van der Waals surface area contributed by atoms with E-state index in [1.807, 2.05) is 19.9 Å². The van der Waals surface area contributed by atoms with Crippen molar-refractivity contribution in [2.75, 3.05) is 25.1 Å². The molecule has 0 heterocycles. The molecular weight excluding hydrogens is 428 g/mol. The van der Waals surface area contributed by atoms with E-state index in [4.69, 9.17) is 9.47 Å². The fourth-order valence-corrected chi connectivity index (χ4v) is 5.59. The smallest absolute Gasteiger partial charge is 0.264 e. The standard InChI is InChI=1S/C24H32N2O5S/c1-17-12-18(2)14-20(13-17)26(16-24(27)25-19-8-6-5-7-9-19)32(28,29)21-10-11-22(30-3)23(15-21)31-4/h10-15,19H,5-9,16H2,1-4H3,(H,25,27). The maximum Gasteiger partial charge on any atom is 0.264 e. The van der Waals surface area contributed by atoms with Gasteiger partial charge in [-0.1, -0.05) is 25.3 Å². The first kappa shape index (κ1) is 23.9. The van der Waals surface area contributed by atoms with Crippen LogP contribution in [-0.4, -0.2) is 41.1 Å². The van der Waals surface area contributed by atoms with Crippen molar-refractivity contribution in [3.8, 4) is 11.5 Å². The van der Waals surface area contributed by atoms with Crippen LogP contribution in [0.2, 0.25) is 0 Å². The predicted molar refractivity (Wildman–Crippen MR) is 125 cm³/mol. The number of benzene rings is 2. The zero-order valence-corrected chi connectivity index (χ0v) is 20.0. The molecule has 1 saturated carbocycles. The van der Waals surface area contributed by atoms with Crippen LogP contribution in [0.4, 0.5) is 5.69 Å². The Balaban J connectivity index is 1.98. The third-order valence-electron chi connectivity index (χ3n) is 5.69. The molecule has 7 nitrogen and oxygen atoms in total. The molecule has 0 unspecified atom stereocenters. The van der Waals surface area contributed by atoms with E-state index >= 15 is 0 Å². The molecule has 0 spiro atoms. The van der Waals surface area contributed by atoms with E-state index in [1.165, 1.54) is 37.1 Å². The highest BCUT2D eigenvalue weighted by molar-refractivity contribution is 7.92. The van der Waals surface area contributed by atoms with Gasteiger partial charge in [-0.05, 0) is 62.1 Å². The monoisotopic (exact) mass is 460 g/mol. The van der Waals surface area contributed by atoms with E-state index in [2.05, 4.69) is 5.32 Å². The lowest BCUT2D eigenvalue weighted by molar-refractivity contribution is -0.120. The highest BCUT2D eigenvalue weighted by Gasteiger charge is 2.29. The molecule has 0 aromatic heterocycles. The Kier molecular flexibility index (Phi) is 7.66. The highest BCUT2D eigenvalue weighted by atomic mass is 32.2. The van der Waals surface area contributed by atoms with Gasteiger partial charge in [0.15, 0.2) is 11.5 Å². The number of ether oxygens (including phenoxy) is 2. The minimum atomic E-state index is -4.04. The third kappa shape index (κ3) is 5.54. The van der Waals surface area contributed by atoms with Gasteiger partial charge in [-0.3, -0.25) is 9.10 Å². The van der Waals surface area contributed by atoms with E-state index in [9.17, 15) is 13.2 Å². The molecule has 1 aliphatic carbocycles. The van der Waals surface area contributed by atoms with E-state index in [1.54, 1.807) is 18.2 Å². The van der Waals surface area contributed by atoms with E-state index in [0.717, 1.165) is 36.8 Å². The van der Waals surface area contributed by atoms with Crippen LogP contribution in [0.3, 0.4) is 0 Å². The first-order valence-electron chi connectivity index (χ1n) is 10.9. The van der Waals surface area contributed by atoms with Gasteiger partial charge < -0.3 is 14.8 Å². The third-order valence-corrected chi connectivity index (χ3v) is 7.46. The lowest BCUT2D eigenvalue weighted by Crippen LogP contribution is -2.45. The van der Waals surface area contributed by atoms with E-state index in [0.29, 0.717) is 17.2 Å². The average molecular weight is 461 g/mol. The van der Waals surface area contributed by atoms with Crippen molar-refractivity contribution in [3.05, 3.63) is 47.5 Å². The minimum Gasteiger partial charge on any atom is -0.493 e. The molecule has 2 aromatic carbocycles. The molecule has 3 rings (SSSR count). The van der Waals surface area contributed by atoms with Crippen molar-refractivity contribution in [1.29, 1.82) is 0 Å². The van der Waals surface area contributed by atoms with Gasteiger partial charge in [-0.15, -0.1) is 0 Å². The van der Waals surface area contributed by atoms with Crippen molar-refractivity contribution >= 4 is 21.6 Å². The number of anilines is 1. The van der Waals surface area contributed by atoms with Crippen molar-refractivity contribution in [1.82, 2.24) is 5.32 Å². The largest absolute Gasteiger partial charge is 0.493 e. The Morgan fingerprint density at radius 1 is 0.969 bits per heavy atom. The summed E-state index contributed by atoms with van der Waals surface area (Å²) in [5.74, 6) is 0.431. The lowest BCUT2D eigenvalue weighted by atomic mass is 9.95. The van der Waals surface area contributed by atoms with Gasteiger partial charge in [0.25, 0.3) is 10.0 Å². The van der Waals surface area contributed by atoms with Crippen molar-refractivity contribution in [2.45, 2.75) is 56.9 Å². The first-order chi connectivity index (χ1) is 15.2. The Morgan fingerprint density at radius 2 is 1.59 bits per heavy atom. The number of amides is 1. The summed E-state index contributed by atoms with van der Waals surface area (Å²) in [5, 5.41) is 3.02. The predicted octanol–water partition coefficient (Wildman–Crippen LogP) is 3.96. The summed E-state index contributed by atoms with van der Waals surface area (Å²) >= 11 is 0. The maximum atomic E-state index is 13.7. The van der Waals surface area contributed by atoms with Gasteiger partial charge >= 0.3 is 0 Å². The fourth-order valence-electron chi connectivity index (χ4n) is 4.16. The van der Waals surface area contributed by atoms with Crippen LogP contribution in [0.25, 0.3) is 0 Å². The summed E-state index contributed by atoms with van der Waals surface area (Å²) < 4.78 is 39.1. The quantitative estimate of drug-likeness (QED) is 0.644. The van der Waals surface area contributed by atoms with E-state index in [-0.39, 0.29) is 23.4 Å². The summed E-state index contributed by atoms with van der Waals surface area (Å²) in [6, 6.07) is 10.0. The number of methoxy groups -OCH3 is 2. The van der Waals surface area contributed by atoms with E-state index < -0.39 is 10.0 Å². The highest BCUT2D eigenvalue weighted by Crippen LogP contribution is 2.32. The van der Waals surface area contributed by atoms with Gasteiger partial charge in [0.05, 0.1) is 24.8 Å². The average Bonchev–Trinajstić information content (AvgIpc) is 2.76. The summed E-state index contributed by atoms with van der Waals surface area (Å²) in [6.07, 6.45) is 5.19. The van der Waals surface area contributed by atoms with Crippen LogP contribution in [-0.2, 0) is 14.8 Å². The van der Waals surface area contributed by atoms with Gasteiger partial charge in [0.2, 0.25) is 5.91 Å².